The molecule has 4 N–H and O–H groups in total. The van der Waals surface area contributed by atoms with Crippen LogP contribution in [0.5, 0.6) is 0 Å². The first-order chi connectivity index (χ1) is 15.3. The number of H-pyrrole nitrogens is 1. The molecule has 0 saturated carbocycles. The van der Waals surface area contributed by atoms with Gasteiger partial charge in [0.15, 0.2) is 5.60 Å². The Morgan fingerprint density at radius 1 is 1.38 bits per heavy atom. The maximum atomic E-state index is 12.9. The number of thiophene rings is 1. The molecule has 3 aromatic rings. The third kappa shape index (κ3) is 3.62. The number of piperidine rings is 1. The van der Waals surface area contributed by atoms with Gasteiger partial charge in [0, 0.05) is 36.6 Å². The number of amides is 1. The Bertz CT molecular complexity index is 1180. The fraction of sp³-hybridized carbons (Fsp3) is 0.417. The summed E-state index contributed by atoms with van der Waals surface area (Å²) in [5.41, 5.74) is 7.34. The van der Waals surface area contributed by atoms with Crippen molar-refractivity contribution in [3.8, 4) is 0 Å². The lowest BCUT2D eigenvalue weighted by molar-refractivity contribution is -0.128. The van der Waals surface area contributed by atoms with Crippen LogP contribution >= 0.6 is 11.3 Å². The number of carbonyl (C=O) groups is 2. The van der Waals surface area contributed by atoms with E-state index in [1.165, 1.54) is 0 Å². The van der Waals surface area contributed by atoms with Crippen LogP contribution in [-0.4, -0.2) is 46.6 Å². The fourth-order valence-electron chi connectivity index (χ4n) is 4.81. The zero-order chi connectivity index (χ0) is 22.5. The van der Waals surface area contributed by atoms with Crippen molar-refractivity contribution in [1.82, 2.24) is 15.2 Å². The number of ether oxygens (including phenoxy) is 1. The second-order valence-electron chi connectivity index (χ2n) is 9.40. The first kappa shape index (κ1) is 21.2. The fourth-order valence-corrected chi connectivity index (χ4v) is 5.85. The van der Waals surface area contributed by atoms with Gasteiger partial charge < -0.3 is 20.8 Å². The van der Waals surface area contributed by atoms with Crippen molar-refractivity contribution in [1.29, 1.82) is 0 Å². The SMILES string of the molecule is CC(C)(N)C(=O)NC(Cc1c[nH]c2ccccc12)N1CCCC2(C1)OC(=O)c1ccsc12. The Kier molecular flexibility index (Phi) is 5.11. The maximum Gasteiger partial charge on any atom is 0.340 e. The third-order valence-electron chi connectivity index (χ3n) is 6.48. The van der Waals surface area contributed by atoms with Gasteiger partial charge in [0.05, 0.1) is 22.1 Å². The van der Waals surface area contributed by atoms with Crippen molar-refractivity contribution >= 4 is 34.1 Å². The molecule has 5 rings (SSSR count). The van der Waals surface area contributed by atoms with Gasteiger partial charge >= 0.3 is 5.97 Å². The Labute approximate surface area is 190 Å². The van der Waals surface area contributed by atoms with Gasteiger partial charge in [0.2, 0.25) is 5.91 Å². The van der Waals surface area contributed by atoms with Crippen LogP contribution < -0.4 is 11.1 Å². The summed E-state index contributed by atoms with van der Waals surface area (Å²) in [4.78, 5) is 31.9. The molecule has 1 aromatic carbocycles. The van der Waals surface area contributed by atoms with Gasteiger partial charge in [0.1, 0.15) is 0 Å². The monoisotopic (exact) mass is 452 g/mol. The van der Waals surface area contributed by atoms with Gasteiger partial charge in [-0.2, -0.15) is 0 Å². The van der Waals surface area contributed by atoms with E-state index in [2.05, 4.69) is 21.3 Å². The number of esters is 1. The molecule has 0 radical (unpaired) electrons. The van der Waals surface area contributed by atoms with E-state index in [0.29, 0.717) is 18.5 Å². The molecule has 8 heteroatoms. The summed E-state index contributed by atoms with van der Waals surface area (Å²) in [6, 6.07) is 9.99. The van der Waals surface area contributed by atoms with Crippen LogP contribution in [0.25, 0.3) is 10.9 Å². The molecule has 0 aliphatic carbocycles. The molecule has 2 aromatic heterocycles. The standard InChI is InChI=1S/C24H28N4O3S/c1-23(2,25)22(30)27-19(12-15-13-26-18-7-4-3-6-16(15)18)28-10-5-9-24(14-28)20-17(8-11-32-20)21(29)31-24/h3-4,6-8,11,13,19,26H,5,9-10,12,14,25H2,1-2H3,(H,27,30). The van der Waals surface area contributed by atoms with Crippen molar-refractivity contribution < 1.29 is 14.3 Å². The van der Waals surface area contributed by atoms with Crippen molar-refractivity contribution in [3.05, 3.63) is 57.9 Å². The zero-order valence-corrected chi connectivity index (χ0v) is 19.1. The molecule has 2 atom stereocenters. The number of hydrogen-bond donors (Lipinski definition) is 3. The minimum absolute atomic E-state index is 0.206. The van der Waals surface area contributed by atoms with Gasteiger partial charge in [-0.3, -0.25) is 9.69 Å². The highest BCUT2D eigenvalue weighted by Crippen LogP contribution is 2.46. The van der Waals surface area contributed by atoms with Crippen LogP contribution in [0, 0.1) is 0 Å². The molecule has 1 spiro atoms. The van der Waals surface area contributed by atoms with Gasteiger partial charge in [-0.25, -0.2) is 4.79 Å². The largest absolute Gasteiger partial charge is 0.448 e. The van der Waals surface area contributed by atoms with E-state index < -0.39 is 11.1 Å². The van der Waals surface area contributed by atoms with E-state index >= 15 is 0 Å². The minimum Gasteiger partial charge on any atom is -0.448 e. The highest BCUT2D eigenvalue weighted by molar-refractivity contribution is 7.10. The van der Waals surface area contributed by atoms with Crippen molar-refractivity contribution in [2.45, 2.75) is 50.4 Å². The second-order valence-corrected chi connectivity index (χ2v) is 10.3. The lowest BCUT2D eigenvalue weighted by Gasteiger charge is -2.43. The summed E-state index contributed by atoms with van der Waals surface area (Å²) >= 11 is 1.58. The summed E-state index contributed by atoms with van der Waals surface area (Å²) in [5, 5.41) is 6.27. The Balaban J connectivity index is 1.46. The number of carbonyl (C=O) groups excluding carboxylic acids is 2. The molecule has 0 bridgehead atoms. The molecule has 2 aliphatic rings. The van der Waals surface area contributed by atoms with Crippen LogP contribution in [-0.2, 0) is 21.6 Å². The highest BCUT2D eigenvalue weighted by atomic mass is 32.1. The third-order valence-corrected chi connectivity index (χ3v) is 7.58. The van der Waals surface area contributed by atoms with E-state index in [1.54, 1.807) is 25.2 Å². The average molecular weight is 453 g/mol. The predicted molar refractivity (Wildman–Crippen MR) is 124 cm³/mol. The van der Waals surface area contributed by atoms with E-state index in [0.717, 1.165) is 40.7 Å². The molecule has 32 heavy (non-hydrogen) atoms. The predicted octanol–water partition coefficient (Wildman–Crippen LogP) is 3.11. The molecular formula is C24H28N4O3S. The number of likely N-dealkylation sites (tertiary alicyclic amines) is 1. The van der Waals surface area contributed by atoms with Gasteiger partial charge in [-0.15, -0.1) is 11.3 Å². The second kappa shape index (κ2) is 7.72. The van der Waals surface area contributed by atoms with Crippen molar-refractivity contribution in [3.63, 3.8) is 0 Å². The molecule has 2 aliphatic heterocycles. The number of benzene rings is 1. The van der Waals surface area contributed by atoms with E-state index in [4.69, 9.17) is 10.5 Å². The topological polar surface area (TPSA) is 100 Å². The van der Waals surface area contributed by atoms with Crippen LogP contribution in [0.1, 0.15) is 47.5 Å². The van der Waals surface area contributed by atoms with Crippen LogP contribution in [0.4, 0.5) is 0 Å². The van der Waals surface area contributed by atoms with Gasteiger partial charge in [-0.1, -0.05) is 18.2 Å². The zero-order valence-electron chi connectivity index (χ0n) is 18.3. The summed E-state index contributed by atoms with van der Waals surface area (Å²) < 4.78 is 5.94. The normalized spacial score (nSPS) is 22.2. The van der Waals surface area contributed by atoms with Gasteiger partial charge in [-0.05, 0) is 49.8 Å². The number of nitrogens with two attached hydrogens (primary N) is 1. The lowest BCUT2D eigenvalue weighted by Crippen LogP contribution is -2.60. The van der Waals surface area contributed by atoms with E-state index in [1.807, 2.05) is 35.8 Å². The van der Waals surface area contributed by atoms with Crippen LogP contribution in [0.3, 0.4) is 0 Å². The van der Waals surface area contributed by atoms with Crippen LogP contribution in [0.2, 0.25) is 0 Å². The number of nitrogens with zero attached hydrogens (tertiary/aromatic N) is 1. The summed E-state index contributed by atoms with van der Waals surface area (Å²) in [7, 11) is 0. The van der Waals surface area contributed by atoms with Crippen molar-refractivity contribution in [2.24, 2.45) is 5.73 Å². The Morgan fingerprint density at radius 2 is 2.19 bits per heavy atom. The summed E-state index contributed by atoms with van der Waals surface area (Å²) in [5.74, 6) is -0.453. The average Bonchev–Trinajstić information content (AvgIpc) is 3.45. The molecular weight excluding hydrogens is 424 g/mol. The molecule has 1 fully saturated rings. The summed E-state index contributed by atoms with van der Waals surface area (Å²) in [6.45, 7) is 4.77. The number of para-hydroxylation sites is 1. The van der Waals surface area contributed by atoms with Crippen LogP contribution in [0.15, 0.2) is 41.9 Å². The van der Waals surface area contributed by atoms with E-state index in [9.17, 15) is 9.59 Å². The Hall–Kier alpha value is -2.68. The molecule has 7 nitrogen and oxygen atoms in total. The first-order valence-corrected chi connectivity index (χ1v) is 11.8. The molecule has 1 amide bonds. The smallest absolute Gasteiger partial charge is 0.340 e. The number of rotatable bonds is 5. The molecule has 2 unspecified atom stereocenters. The highest BCUT2D eigenvalue weighted by Gasteiger charge is 2.50. The molecule has 168 valence electrons. The van der Waals surface area contributed by atoms with E-state index in [-0.39, 0.29) is 18.0 Å². The lowest BCUT2D eigenvalue weighted by atomic mass is 9.90. The number of aromatic nitrogens is 1. The molecule has 4 heterocycles. The quantitative estimate of drug-likeness (QED) is 0.517. The number of nitrogens with one attached hydrogen (secondary N) is 2. The number of fused-ring (bicyclic) bond motifs is 3. The molecule has 1 saturated heterocycles. The van der Waals surface area contributed by atoms with Gasteiger partial charge in [0.25, 0.3) is 0 Å². The maximum absolute atomic E-state index is 12.9. The summed E-state index contributed by atoms with van der Waals surface area (Å²) in [6.07, 6.45) is 4.01. The van der Waals surface area contributed by atoms with Crippen molar-refractivity contribution in [2.75, 3.05) is 13.1 Å². The first-order valence-electron chi connectivity index (χ1n) is 11.0. The Morgan fingerprint density at radius 3 is 3.00 bits per heavy atom. The number of hydrogen-bond acceptors (Lipinski definition) is 6. The number of aromatic amines is 1. The minimum atomic E-state index is -0.993.